The molecular weight excluding hydrogens is 384 g/mol. The average Bonchev–Trinajstić information content (AvgIpc) is 2.85. The number of carbonyl (C=O) groups excluding carboxylic acids is 2. The molecule has 4 aromatic carbocycles. The minimum absolute atomic E-state index is 0.575. The fraction of sp³-hybridized carbons (Fsp3) is 0.0370. The summed E-state index contributed by atoms with van der Waals surface area (Å²) in [4.78, 5) is 30.6. The van der Waals surface area contributed by atoms with Gasteiger partial charge in [-0.15, -0.1) is 0 Å². The zero-order valence-corrected chi connectivity index (χ0v) is 16.6. The molecule has 31 heavy (non-hydrogen) atoms. The van der Waals surface area contributed by atoms with E-state index >= 15 is 0 Å². The quantitative estimate of drug-likeness (QED) is 0.298. The van der Waals surface area contributed by atoms with E-state index < -0.39 is 5.66 Å². The lowest BCUT2D eigenvalue weighted by Gasteiger charge is -2.24. The molecule has 0 N–H and O–H groups in total. The lowest BCUT2D eigenvalue weighted by Crippen LogP contribution is -2.22. The first-order valence-corrected chi connectivity index (χ1v) is 9.77. The highest BCUT2D eigenvalue weighted by Gasteiger charge is 2.34. The number of isocyanates is 2. The third-order valence-electron chi connectivity index (χ3n) is 5.20. The van der Waals surface area contributed by atoms with Crippen molar-refractivity contribution in [3.05, 3.63) is 120 Å². The van der Waals surface area contributed by atoms with Crippen molar-refractivity contribution in [2.24, 2.45) is 9.98 Å². The first-order valence-electron chi connectivity index (χ1n) is 9.77. The SMILES string of the molecule is O=C=NC(N=C=O)(c1ccc(-c2ccccc2)cc1)c1ccc(-c2ccccc2)cc1. The van der Waals surface area contributed by atoms with E-state index in [1.807, 2.05) is 109 Å². The van der Waals surface area contributed by atoms with Gasteiger partial charge >= 0.3 is 0 Å². The summed E-state index contributed by atoms with van der Waals surface area (Å²) in [6, 6.07) is 34.8. The lowest BCUT2D eigenvalue weighted by atomic mass is 9.89. The van der Waals surface area contributed by atoms with E-state index in [9.17, 15) is 9.59 Å². The van der Waals surface area contributed by atoms with E-state index in [2.05, 4.69) is 9.98 Å². The van der Waals surface area contributed by atoms with Crippen molar-refractivity contribution in [2.75, 3.05) is 0 Å². The van der Waals surface area contributed by atoms with Crippen LogP contribution in [0, 0.1) is 0 Å². The lowest BCUT2D eigenvalue weighted by molar-refractivity contribution is 0.516. The van der Waals surface area contributed by atoms with Crippen LogP contribution >= 0.6 is 0 Å². The number of hydrogen-bond acceptors (Lipinski definition) is 4. The van der Waals surface area contributed by atoms with Gasteiger partial charge in [0.05, 0.1) is 0 Å². The maximum atomic E-state index is 11.3. The second-order valence-electron chi connectivity index (χ2n) is 6.97. The maximum absolute atomic E-state index is 11.3. The normalized spacial score (nSPS) is 10.6. The van der Waals surface area contributed by atoms with Crippen LogP contribution in [0.1, 0.15) is 11.1 Å². The fourth-order valence-corrected chi connectivity index (χ4v) is 3.63. The molecule has 0 spiro atoms. The largest absolute Gasteiger partial charge is 0.238 e. The Morgan fingerprint density at radius 3 is 1.10 bits per heavy atom. The van der Waals surface area contributed by atoms with Gasteiger partial charge in [0.15, 0.2) is 0 Å². The van der Waals surface area contributed by atoms with Gasteiger partial charge in [-0.2, -0.15) is 9.98 Å². The Bertz CT molecular complexity index is 1150. The monoisotopic (exact) mass is 402 g/mol. The molecule has 0 bridgehead atoms. The first-order chi connectivity index (χ1) is 15.3. The number of aliphatic imine (C=N–C) groups is 2. The molecule has 0 amide bonds. The molecule has 0 heterocycles. The Morgan fingerprint density at radius 1 is 0.452 bits per heavy atom. The highest BCUT2D eigenvalue weighted by Crippen LogP contribution is 2.37. The number of benzene rings is 4. The van der Waals surface area contributed by atoms with Crippen LogP contribution in [0.4, 0.5) is 0 Å². The molecule has 4 heteroatoms. The predicted molar refractivity (Wildman–Crippen MR) is 121 cm³/mol. The van der Waals surface area contributed by atoms with Crippen molar-refractivity contribution in [2.45, 2.75) is 5.66 Å². The van der Waals surface area contributed by atoms with Crippen molar-refractivity contribution in [3.8, 4) is 22.3 Å². The highest BCUT2D eigenvalue weighted by atomic mass is 16.1. The third-order valence-corrected chi connectivity index (χ3v) is 5.20. The minimum Gasteiger partial charge on any atom is -0.211 e. The van der Waals surface area contributed by atoms with Gasteiger partial charge < -0.3 is 0 Å². The number of hydrogen-bond donors (Lipinski definition) is 0. The van der Waals surface area contributed by atoms with Crippen LogP contribution in [0.5, 0.6) is 0 Å². The summed E-state index contributed by atoms with van der Waals surface area (Å²) in [6.45, 7) is 0. The van der Waals surface area contributed by atoms with Crippen LogP contribution in [0.25, 0.3) is 22.3 Å². The van der Waals surface area contributed by atoms with Crippen LogP contribution in [-0.4, -0.2) is 12.2 Å². The molecule has 0 aliphatic heterocycles. The van der Waals surface area contributed by atoms with Gasteiger partial charge in [0.25, 0.3) is 0 Å². The zero-order valence-electron chi connectivity index (χ0n) is 16.6. The molecule has 0 saturated carbocycles. The molecule has 0 unspecified atom stereocenters. The van der Waals surface area contributed by atoms with E-state index in [1.165, 1.54) is 0 Å². The van der Waals surface area contributed by atoms with Crippen molar-refractivity contribution in [1.82, 2.24) is 0 Å². The Kier molecular flexibility index (Phi) is 5.77. The van der Waals surface area contributed by atoms with Gasteiger partial charge in [-0.05, 0) is 22.3 Å². The Balaban J connectivity index is 1.79. The molecule has 0 radical (unpaired) electrons. The number of rotatable bonds is 6. The van der Waals surface area contributed by atoms with Crippen LogP contribution in [0.2, 0.25) is 0 Å². The molecule has 148 valence electrons. The van der Waals surface area contributed by atoms with Crippen molar-refractivity contribution < 1.29 is 9.59 Å². The summed E-state index contributed by atoms with van der Waals surface area (Å²) >= 11 is 0. The molecule has 0 aliphatic carbocycles. The topological polar surface area (TPSA) is 58.9 Å². The summed E-state index contributed by atoms with van der Waals surface area (Å²) in [7, 11) is 0. The van der Waals surface area contributed by atoms with Crippen LogP contribution in [0.3, 0.4) is 0 Å². The Labute approximate surface area is 180 Å². The van der Waals surface area contributed by atoms with Gasteiger partial charge in [-0.1, -0.05) is 109 Å². The van der Waals surface area contributed by atoms with E-state index in [4.69, 9.17) is 0 Å². The minimum atomic E-state index is -1.53. The predicted octanol–water partition coefficient (Wildman–Crippen LogP) is 5.89. The molecule has 4 nitrogen and oxygen atoms in total. The molecule has 0 fully saturated rings. The maximum Gasteiger partial charge on any atom is 0.238 e. The van der Waals surface area contributed by atoms with E-state index in [0.717, 1.165) is 22.3 Å². The third kappa shape index (κ3) is 4.03. The van der Waals surface area contributed by atoms with Crippen molar-refractivity contribution in [3.63, 3.8) is 0 Å². The Hall–Kier alpha value is -4.36. The van der Waals surface area contributed by atoms with E-state index in [1.54, 1.807) is 12.2 Å². The van der Waals surface area contributed by atoms with Gasteiger partial charge in [0.2, 0.25) is 17.8 Å². The highest BCUT2D eigenvalue weighted by molar-refractivity contribution is 5.66. The van der Waals surface area contributed by atoms with E-state index in [0.29, 0.717) is 11.1 Å². The van der Waals surface area contributed by atoms with Gasteiger partial charge in [-0.25, -0.2) is 9.59 Å². The van der Waals surface area contributed by atoms with Gasteiger partial charge in [-0.3, -0.25) is 0 Å². The van der Waals surface area contributed by atoms with Gasteiger partial charge in [0, 0.05) is 11.1 Å². The summed E-state index contributed by atoms with van der Waals surface area (Å²) < 4.78 is 0. The molecule has 0 atom stereocenters. The molecule has 0 aliphatic rings. The van der Waals surface area contributed by atoms with Crippen molar-refractivity contribution in [1.29, 1.82) is 0 Å². The summed E-state index contributed by atoms with van der Waals surface area (Å²) in [5.74, 6) is 0. The summed E-state index contributed by atoms with van der Waals surface area (Å²) in [6.07, 6.45) is 3.17. The molecule has 4 rings (SSSR count). The van der Waals surface area contributed by atoms with Crippen LogP contribution in [0.15, 0.2) is 119 Å². The van der Waals surface area contributed by atoms with Gasteiger partial charge in [0.1, 0.15) is 0 Å². The standard InChI is InChI=1S/C27H18N2O2/c30-19-28-27(29-20-31,25-15-11-23(12-16-25)21-7-3-1-4-8-21)26-17-13-24(14-18-26)22-9-5-2-6-10-22/h1-18H. The van der Waals surface area contributed by atoms with E-state index in [-0.39, 0.29) is 0 Å². The first kappa shape index (κ1) is 19.9. The fourth-order valence-electron chi connectivity index (χ4n) is 3.63. The summed E-state index contributed by atoms with van der Waals surface area (Å²) in [5, 5.41) is 0. The van der Waals surface area contributed by atoms with Crippen LogP contribution < -0.4 is 0 Å². The molecular formula is C27H18N2O2. The smallest absolute Gasteiger partial charge is 0.211 e. The second kappa shape index (κ2) is 8.98. The van der Waals surface area contributed by atoms with Crippen LogP contribution in [-0.2, 0) is 15.3 Å². The molecule has 4 aromatic rings. The summed E-state index contributed by atoms with van der Waals surface area (Å²) in [5.41, 5.74) is 3.74. The van der Waals surface area contributed by atoms with Crippen molar-refractivity contribution >= 4 is 12.2 Å². The average molecular weight is 402 g/mol. The number of nitrogens with zero attached hydrogens (tertiary/aromatic N) is 2. The zero-order chi connectivity index (χ0) is 21.5. The molecule has 0 saturated heterocycles. The second-order valence-corrected chi connectivity index (χ2v) is 6.97. The Morgan fingerprint density at radius 2 is 0.774 bits per heavy atom. The molecule has 0 aromatic heterocycles.